The largest absolute Gasteiger partial charge is 0.400 e. The van der Waals surface area contributed by atoms with Crippen LogP contribution in [0.5, 0.6) is 0 Å². The van der Waals surface area contributed by atoms with Gasteiger partial charge in [0.25, 0.3) is 22.2 Å². The van der Waals surface area contributed by atoms with Crippen LogP contribution in [0.4, 0.5) is 0 Å². The molecule has 0 unspecified atom stereocenters. The fourth-order valence-corrected chi connectivity index (χ4v) is 13.8. The lowest BCUT2D eigenvalue weighted by atomic mass is 10.0. The maximum absolute atomic E-state index is 12.1. The van der Waals surface area contributed by atoms with Gasteiger partial charge in [0.15, 0.2) is 0 Å². The molecular formula is C99H105BBr5N5O7. The molecule has 5 N–H and O–H groups in total. The smallest absolute Gasteiger partial charge is 0.369 e. The summed E-state index contributed by atoms with van der Waals surface area (Å²) in [6.07, 6.45) is 3.62. The number of rotatable bonds is 0. The number of aromatic nitrogens is 4. The zero-order valence-electron chi connectivity index (χ0n) is 69.5. The van der Waals surface area contributed by atoms with Crippen LogP contribution in [0, 0.1) is 32.1 Å². The topological polar surface area (TPSA) is 194 Å². The molecule has 15 aromatic rings. The van der Waals surface area contributed by atoms with Crippen molar-refractivity contribution in [2.45, 2.75) is 102 Å². The average Bonchev–Trinajstić information content (AvgIpc) is 1.64. The van der Waals surface area contributed by atoms with Crippen LogP contribution in [0.1, 0.15) is 122 Å². The molecule has 4 heterocycles. The highest BCUT2D eigenvalue weighted by Gasteiger charge is 2.26. The molecule has 117 heavy (non-hydrogen) atoms. The molecule has 12 nitrogen and oxygen atoms in total. The summed E-state index contributed by atoms with van der Waals surface area (Å²) in [5.41, 5.74) is 23.1. The molecule has 0 aliphatic heterocycles. The Balaban J connectivity index is 0.000000239. The predicted octanol–water partition coefficient (Wildman–Crippen LogP) is 26.2. The highest BCUT2D eigenvalue weighted by molar-refractivity contribution is 9.69. The molecule has 0 saturated carbocycles. The van der Waals surface area contributed by atoms with Gasteiger partial charge in [-0.15, -0.1) is 47.3 Å². The second kappa shape index (κ2) is 52.0. The van der Waals surface area contributed by atoms with Crippen molar-refractivity contribution in [3.8, 4) is 51.1 Å². The van der Waals surface area contributed by atoms with Crippen molar-refractivity contribution in [1.29, 1.82) is 5.26 Å². The van der Waals surface area contributed by atoms with Crippen LogP contribution in [-0.2, 0) is 35.2 Å². The molecule has 0 fully saturated rings. The number of halogens is 5. The number of nitrogens with zero attached hydrogens (tertiary/aromatic N) is 1. The lowest BCUT2D eigenvalue weighted by Gasteiger charge is -2.04. The zero-order chi connectivity index (χ0) is 86.1. The quantitative estimate of drug-likeness (QED) is 0.0926. The van der Waals surface area contributed by atoms with E-state index in [0.717, 1.165) is 132 Å². The molecule has 0 amide bonds. The number of benzene rings is 11. The Morgan fingerprint density at radius 2 is 0.487 bits per heavy atom. The van der Waals surface area contributed by atoms with Gasteiger partial charge in [0.1, 0.15) is 0 Å². The van der Waals surface area contributed by atoms with Gasteiger partial charge in [0, 0.05) is 114 Å². The van der Waals surface area contributed by atoms with Gasteiger partial charge in [0.2, 0.25) is 0 Å². The van der Waals surface area contributed by atoms with Gasteiger partial charge >= 0.3 is 3.18 Å². The summed E-state index contributed by atoms with van der Waals surface area (Å²) in [5, 5.41) is 22.9. The van der Waals surface area contributed by atoms with Gasteiger partial charge in [-0.2, -0.15) is 5.26 Å². The molecule has 19 rings (SSSR count). The third-order valence-electron chi connectivity index (χ3n) is 18.2. The minimum atomic E-state index is 0.000975. The van der Waals surface area contributed by atoms with E-state index < -0.39 is 0 Å². The first-order valence-corrected chi connectivity index (χ1v) is 43.2. The Kier molecular flexibility index (Phi) is 43.4. The Morgan fingerprint density at radius 1 is 0.308 bits per heavy atom. The molecule has 18 heteroatoms. The van der Waals surface area contributed by atoms with Crippen molar-refractivity contribution in [2.75, 3.05) is 35.5 Å². The normalized spacial score (nSPS) is 10.4. The van der Waals surface area contributed by atoms with Crippen LogP contribution in [0.25, 0.3) is 88.1 Å². The Morgan fingerprint density at radius 3 is 0.675 bits per heavy atom. The fraction of sp³-hybridized carbons (Fsp3) is 0.202. The molecule has 11 aromatic carbocycles. The number of hydrogen-bond donors (Lipinski definition) is 5. The maximum atomic E-state index is 12.1. The van der Waals surface area contributed by atoms with E-state index in [4.69, 9.17) is 10.4 Å². The van der Waals surface area contributed by atoms with Crippen LogP contribution < -0.4 is 22.2 Å². The summed E-state index contributed by atoms with van der Waals surface area (Å²) in [5.74, 6) is 0. The molecule has 0 radical (unpaired) electrons. The number of hydrogen-bond acceptors (Lipinski definition) is 8. The SMILES string of the molecule is BrB(Br)Br.CC.CC.CC.CC.CO.COC.COC.Cc1ccccc1Br.Cc1ccccc1Br.Cc1ccccc1C#N.O=c1[nH]c2c(c3ccccc13)Cc1ccccc1-2.O=c1[nH]c2c(c3ccccc13)Cc1ccccc1-2.O=c1[nH]c2c(c3ccccc13)Cc1ccccc1-2.O=c1[nH]c2c(c3ccccc13)Cc1ccccc1-2. The van der Waals surface area contributed by atoms with Crippen LogP contribution in [0.15, 0.2) is 295 Å². The van der Waals surface area contributed by atoms with Crippen molar-refractivity contribution in [3.05, 3.63) is 384 Å². The van der Waals surface area contributed by atoms with Crippen LogP contribution in [-0.4, -0.2) is 63.8 Å². The van der Waals surface area contributed by atoms with Crippen LogP contribution >= 0.6 is 79.1 Å². The number of nitrogens with one attached hydrogen (secondary N) is 4. The van der Waals surface area contributed by atoms with Gasteiger partial charge in [-0.05, 0) is 146 Å². The summed E-state index contributed by atoms with van der Waals surface area (Å²) in [6, 6.07) is 90.3. The standard InChI is InChI=1S/4C16H11NO.C8H7N.2C7H7Br.2C2H6O.4C2H6.CH4O.BBr3/c4*18-16-13-8-4-3-7-12(13)14-9-10-5-1-2-6-11(10)15(14)17-16;1-7-4-2-3-5-8(7)6-9;2*1-6-4-2-3-5-7(6)8;2*1-3-2;5*1-2;2-1(3)4/h4*1-8H,9H2,(H,17,18);2-5H,1H3;2*2-5H,1H3;2*1-2H3;4*1-2H3;2H,1H3;. The molecule has 0 bridgehead atoms. The first kappa shape index (κ1) is 97.7. The van der Waals surface area contributed by atoms with E-state index >= 15 is 0 Å². The number of aliphatic hydroxyl groups excluding tert-OH is 1. The highest BCUT2D eigenvalue weighted by Crippen LogP contribution is 2.41. The lowest BCUT2D eigenvalue weighted by molar-refractivity contribution is 0.277. The maximum Gasteiger partial charge on any atom is 0.369 e. The second-order valence-electron chi connectivity index (χ2n) is 25.2. The first-order chi connectivity index (χ1) is 56.9. The van der Waals surface area contributed by atoms with Crippen molar-refractivity contribution < 1.29 is 14.6 Å². The number of ether oxygens (including phenoxy) is 2. The third kappa shape index (κ3) is 26.3. The lowest BCUT2D eigenvalue weighted by Crippen LogP contribution is -2.08. The van der Waals surface area contributed by atoms with E-state index in [1.54, 1.807) is 28.4 Å². The Labute approximate surface area is 731 Å². The van der Waals surface area contributed by atoms with E-state index in [-0.39, 0.29) is 25.4 Å². The van der Waals surface area contributed by atoms with Crippen LogP contribution in [0.3, 0.4) is 0 Å². The summed E-state index contributed by atoms with van der Waals surface area (Å²) in [6.45, 7) is 22.1. The van der Waals surface area contributed by atoms with E-state index in [9.17, 15) is 19.2 Å². The number of fused-ring (bicyclic) bond motifs is 20. The second-order valence-corrected chi connectivity index (χ2v) is 33.4. The van der Waals surface area contributed by atoms with E-state index in [1.165, 1.54) is 64.6 Å². The van der Waals surface area contributed by atoms with E-state index in [2.05, 4.69) is 189 Å². The number of aryl methyl sites for hydroxylation is 3. The number of aromatic amines is 4. The molecule has 606 valence electrons. The number of methoxy groups -OCH3 is 2. The fourth-order valence-electron chi connectivity index (χ4n) is 13.2. The van der Waals surface area contributed by atoms with Crippen molar-refractivity contribution in [1.82, 2.24) is 19.9 Å². The van der Waals surface area contributed by atoms with Crippen molar-refractivity contribution in [2.24, 2.45) is 0 Å². The zero-order valence-corrected chi connectivity index (χ0v) is 77.5. The molecule has 0 saturated heterocycles. The highest BCUT2D eigenvalue weighted by atomic mass is 79.9. The monoisotopic (exact) mass is 1880 g/mol. The average molecular weight is 1890 g/mol. The van der Waals surface area contributed by atoms with Crippen LogP contribution in [0.2, 0.25) is 0 Å². The van der Waals surface area contributed by atoms with Crippen molar-refractivity contribution >= 4 is 125 Å². The molecule has 4 aromatic heterocycles. The van der Waals surface area contributed by atoms with E-state index in [1.807, 2.05) is 269 Å². The molecule has 4 aliphatic carbocycles. The number of nitriles is 1. The Bertz CT molecular complexity index is 5290. The van der Waals surface area contributed by atoms with Gasteiger partial charge < -0.3 is 34.5 Å². The van der Waals surface area contributed by atoms with Gasteiger partial charge in [0.05, 0.1) is 34.4 Å². The predicted molar refractivity (Wildman–Crippen MR) is 517 cm³/mol. The molecular weight excluding hydrogens is 1780 g/mol. The van der Waals surface area contributed by atoms with Gasteiger partial charge in [-0.25, -0.2) is 0 Å². The number of aliphatic hydroxyl groups is 1. The first-order valence-electron chi connectivity index (χ1n) is 38.8. The number of pyridine rings is 4. The summed E-state index contributed by atoms with van der Waals surface area (Å²) in [7, 11) is 7.50. The summed E-state index contributed by atoms with van der Waals surface area (Å²) >= 11 is 16.1. The molecule has 0 spiro atoms. The van der Waals surface area contributed by atoms with Gasteiger partial charge in [-0.1, -0.05) is 312 Å². The Hall–Kier alpha value is -9.91. The molecule has 4 aliphatic rings. The molecule has 0 atom stereocenters. The third-order valence-corrected chi connectivity index (χ3v) is 20.0. The van der Waals surface area contributed by atoms with Crippen molar-refractivity contribution in [3.63, 3.8) is 0 Å². The minimum absolute atomic E-state index is 0.000975. The minimum Gasteiger partial charge on any atom is -0.400 e. The number of H-pyrrole nitrogens is 4. The van der Waals surface area contributed by atoms with E-state index in [0.29, 0.717) is 0 Å². The van der Waals surface area contributed by atoms with Gasteiger partial charge in [-0.3, -0.25) is 19.2 Å². The summed E-state index contributed by atoms with van der Waals surface area (Å²) < 4.78 is 11.1. The summed E-state index contributed by atoms with van der Waals surface area (Å²) in [4.78, 5) is 60.5.